The average Bonchev–Trinajstić information content (AvgIpc) is 2.35. The highest BCUT2D eigenvalue weighted by Crippen LogP contribution is 2.26. The lowest BCUT2D eigenvalue weighted by Crippen LogP contribution is -2.49. The molecular formula is C16H29N3O. The molecule has 0 amide bonds. The van der Waals surface area contributed by atoms with Gasteiger partial charge in [-0.15, -0.1) is 0 Å². The van der Waals surface area contributed by atoms with Crippen LogP contribution in [-0.4, -0.2) is 30.8 Å². The maximum Gasteiger partial charge on any atom is 0.123 e. The number of ether oxygens (including phenoxy) is 1. The molecule has 0 aliphatic heterocycles. The number of nitrogens with zero attached hydrogens (tertiary/aromatic N) is 1. The van der Waals surface area contributed by atoms with Gasteiger partial charge in [0, 0.05) is 19.3 Å². The summed E-state index contributed by atoms with van der Waals surface area (Å²) in [5.74, 6) is 0.571. The van der Waals surface area contributed by atoms with Crippen molar-refractivity contribution in [1.29, 1.82) is 0 Å². The van der Waals surface area contributed by atoms with Crippen molar-refractivity contribution in [3.8, 4) is 0 Å². The number of aromatic nitrogens is 1. The molecule has 1 rings (SSSR count). The van der Waals surface area contributed by atoms with Crippen LogP contribution >= 0.6 is 0 Å². The first-order valence-corrected chi connectivity index (χ1v) is 7.35. The van der Waals surface area contributed by atoms with E-state index in [0.717, 1.165) is 19.4 Å². The van der Waals surface area contributed by atoms with E-state index in [9.17, 15) is 0 Å². The fraction of sp³-hybridized carbons (Fsp3) is 0.688. The zero-order valence-corrected chi connectivity index (χ0v) is 13.4. The van der Waals surface area contributed by atoms with Gasteiger partial charge in [-0.3, -0.25) is 0 Å². The molecule has 114 valence electrons. The highest BCUT2D eigenvalue weighted by molar-refractivity contribution is 5.32. The molecule has 0 spiro atoms. The predicted molar refractivity (Wildman–Crippen MR) is 84.7 cm³/mol. The van der Waals surface area contributed by atoms with E-state index in [0.29, 0.717) is 5.82 Å². The number of anilines is 1. The molecule has 0 saturated carbocycles. The molecule has 1 aromatic heterocycles. The Hall–Kier alpha value is -1.13. The molecule has 20 heavy (non-hydrogen) atoms. The number of hydrogen-bond acceptors (Lipinski definition) is 4. The lowest BCUT2D eigenvalue weighted by molar-refractivity contribution is -0.0109. The number of hydrogen-bond donors (Lipinski definition) is 2. The first-order valence-electron chi connectivity index (χ1n) is 7.35. The van der Waals surface area contributed by atoms with Gasteiger partial charge in [-0.1, -0.05) is 27.7 Å². The monoisotopic (exact) mass is 279 g/mol. The summed E-state index contributed by atoms with van der Waals surface area (Å²) in [6.07, 6.45) is 3.90. The summed E-state index contributed by atoms with van der Waals surface area (Å²) in [4.78, 5) is 4.05. The summed E-state index contributed by atoms with van der Waals surface area (Å²) >= 11 is 0. The first-order chi connectivity index (χ1) is 9.38. The average molecular weight is 279 g/mol. The quantitative estimate of drug-likeness (QED) is 0.805. The minimum absolute atomic E-state index is 0.0821. The van der Waals surface area contributed by atoms with Crippen LogP contribution in [0.5, 0.6) is 0 Å². The predicted octanol–water partition coefficient (Wildman–Crippen LogP) is 2.64. The molecule has 2 atom stereocenters. The standard InChI is InChI=1S/C16H29N3O/c1-6-8-18-13(15(20-5)16(2,3)4)10-12-7-9-19-14(17)11-12/h7,9,11,13,15,18H,6,8,10H2,1-5H3,(H2,17,19). The Kier molecular flexibility index (Phi) is 6.43. The molecule has 0 fully saturated rings. The van der Waals surface area contributed by atoms with Gasteiger partial charge >= 0.3 is 0 Å². The Morgan fingerprint density at radius 1 is 1.40 bits per heavy atom. The summed E-state index contributed by atoms with van der Waals surface area (Å²) in [6, 6.07) is 4.23. The third kappa shape index (κ3) is 5.10. The topological polar surface area (TPSA) is 60.2 Å². The summed E-state index contributed by atoms with van der Waals surface area (Å²) in [5.41, 5.74) is 7.04. The molecule has 3 N–H and O–H groups in total. The van der Waals surface area contributed by atoms with Crippen molar-refractivity contribution >= 4 is 5.82 Å². The van der Waals surface area contributed by atoms with E-state index in [1.165, 1.54) is 5.56 Å². The third-order valence-electron chi connectivity index (χ3n) is 3.43. The van der Waals surface area contributed by atoms with E-state index in [1.807, 2.05) is 12.1 Å². The maximum absolute atomic E-state index is 5.77. The molecule has 1 heterocycles. The minimum atomic E-state index is 0.0821. The minimum Gasteiger partial charge on any atom is -0.384 e. The summed E-state index contributed by atoms with van der Waals surface area (Å²) in [7, 11) is 1.79. The van der Waals surface area contributed by atoms with E-state index in [-0.39, 0.29) is 17.6 Å². The molecule has 0 radical (unpaired) electrons. The van der Waals surface area contributed by atoms with Crippen molar-refractivity contribution in [3.05, 3.63) is 23.9 Å². The zero-order valence-electron chi connectivity index (χ0n) is 13.4. The van der Waals surface area contributed by atoms with Crippen LogP contribution in [0.3, 0.4) is 0 Å². The largest absolute Gasteiger partial charge is 0.384 e. The molecular weight excluding hydrogens is 250 g/mol. The van der Waals surface area contributed by atoms with Crippen LogP contribution in [0.15, 0.2) is 18.3 Å². The molecule has 4 heteroatoms. The Morgan fingerprint density at radius 3 is 2.60 bits per heavy atom. The zero-order chi connectivity index (χ0) is 15.2. The Balaban J connectivity index is 2.88. The second kappa shape index (κ2) is 7.60. The molecule has 0 bridgehead atoms. The van der Waals surface area contributed by atoms with Crippen LogP contribution in [0, 0.1) is 5.41 Å². The van der Waals surface area contributed by atoms with Crippen LogP contribution in [0.25, 0.3) is 0 Å². The SMILES string of the molecule is CCCNC(Cc1ccnc(N)c1)C(OC)C(C)(C)C. The summed E-state index contributed by atoms with van der Waals surface area (Å²) in [5, 5.41) is 3.61. The Bertz CT molecular complexity index is 401. The van der Waals surface area contributed by atoms with Gasteiger partial charge in [-0.2, -0.15) is 0 Å². The molecule has 2 unspecified atom stereocenters. The summed E-state index contributed by atoms with van der Waals surface area (Å²) < 4.78 is 5.77. The van der Waals surface area contributed by atoms with E-state index in [2.05, 4.69) is 38.0 Å². The number of nitrogens with one attached hydrogen (secondary N) is 1. The van der Waals surface area contributed by atoms with E-state index in [1.54, 1.807) is 13.3 Å². The third-order valence-corrected chi connectivity index (χ3v) is 3.43. The molecule has 0 aliphatic rings. The fourth-order valence-corrected chi connectivity index (χ4v) is 2.61. The fourth-order valence-electron chi connectivity index (χ4n) is 2.61. The summed E-state index contributed by atoms with van der Waals surface area (Å²) in [6.45, 7) is 9.79. The number of methoxy groups -OCH3 is 1. The number of rotatable bonds is 7. The van der Waals surface area contributed by atoms with Crippen LogP contribution in [0.4, 0.5) is 5.82 Å². The van der Waals surface area contributed by atoms with Gasteiger partial charge in [0.15, 0.2) is 0 Å². The van der Waals surface area contributed by atoms with Crippen LogP contribution in [-0.2, 0) is 11.2 Å². The van der Waals surface area contributed by atoms with Crippen LogP contribution in [0.2, 0.25) is 0 Å². The first kappa shape index (κ1) is 16.9. The van der Waals surface area contributed by atoms with Gasteiger partial charge in [0.2, 0.25) is 0 Å². The Morgan fingerprint density at radius 2 is 2.10 bits per heavy atom. The van der Waals surface area contributed by atoms with Crippen LogP contribution < -0.4 is 11.1 Å². The van der Waals surface area contributed by atoms with E-state index >= 15 is 0 Å². The van der Waals surface area contributed by atoms with Gasteiger partial charge < -0.3 is 15.8 Å². The second-order valence-electron chi connectivity index (χ2n) is 6.38. The van der Waals surface area contributed by atoms with Crippen molar-refractivity contribution < 1.29 is 4.74 Å². The van der Waals surface area contributed by atoms with Gasteiger partial charge in [0.1, 0.15) is 5.82 Å². The molecule has 0 aliphatic carbocycles. The van der Waals surface area contributed by atoms with Crippen molar-refractivity contribution in [2.45, 2.75) is 52.7 Å². The lowest BCUT2D eigenvalue weighted by atomic mass is 9.82. The number of pyridine rings is 1. The van der Waals surface area contributed by atoms with Gasteiger partial charge in [0.05, 0.1) is 6.10 Å². The van der Waals surface area contributed by atoms with Crippen molar-refractivity contribution in [2.24, 2.45) is 5.41 Å². The highest BCUT2D eigenvalue weighted by Gasteiger charge is 2.32. The van der Waals surface area contributed by atoms with Crippen LogP contribution in [0.1, 0.15) is 39.7 Å². The maximum atomic E-state index is 5.77. The van der Waals surface area contributed by atoms with Crippen molar-refractivity contribution in [3.63, 3.8) is 0 Å². The smallest absolute Gasteiger partial charge is 0.123 e. The Labute approximate surface area is 123 Å². The molecule has 4 nitrogen and oxygen atoms in total. The highest BCUT2D eigenvalue weighted by atomic mass is 16.5. The number of nitrogen functional groups attached to an aromatic ring is 1. The van der Waals surface area contributed by atoms with E-state index in [4.69, 9.17) is 10.5 Å². The van der Waals surface area contributed by atoms with Gasteiger partial charge in [-0.05, 0) is 42.5 Å². The normalized spacial score (nSPS) is 15.1. The molecule has 1 aromatic rings. The van der Waals surface area contributed by atoms with Gasteiger partial charge in [0.25, 0.3) is 0 Å². The van der Waals surface area contributed by atoms with Crippen molar-refractivity contribution in [2.75, 3.05) is 19.4 Å². The van der Waals surface area contributed by atoms with E-state index < -0.39 is 0 Å². The molecule has 0 saturated heterocycles. The molecule has 0 aromatic carbocycles. The van der Waals surface area contributed by atoms with Gasteiger partial charge in [-0.25, -0.2) is 4.98 Å². The van der Waals surface area contributed by atoms with Crippen molar-refractivity contribution in [1.82, 2.24) is 10.3 Å². The second-order valence-corrected chi connectivity index (χ2v) is 6.38. The lowest BCUT2D eigenvalue weighted by Gasteiger charge is -2.36. The number of nitrogens with two attached hydrogens (primary N) is 1.